The van der Waals surface area contributed by atoms with Crippen LogP contribution in [0, 0.1) is 0 Å². The lowest BCUT2D eigenvalue weighted by atomic mass is 9.94. The minimum absolute atomic E-state index is 0.357. The van der Waals surface area contributed by atoms with E-state index in [4.69, 9.17) is 4.74 Å². The van der Waals surface area contributed by atoms with Gasteiger partial charge in [0.15, 0.2) is 0 Å². The van der Waals surface area contributed by atoms with E-state index < -0.39 is 0 Å². The van der Waals surface area contributed by atoms with Crippen molar-refractivity contribution in [3.05, 3.63) is 0 Å². The minimum Gasteiger partial charge on any atom is -0.374 e. The molecule has 1 aliphatic rings. The predicted molar refractivity (Wildman–Crippen MR) is 60.6 cm³/mol. The molecular formula is C12H25NO. The molecule has 0 aromatic rings. The van der Waals surface area contributed by atoms with Gasteiger partial charge in [-0.05, 0) is 33.7 Å². The Morgan fingerprint density at radius 1 is 1.07 bits per heavy atom. The van der Waals surface area contributed by atoms with Crippen LogP contribution in [0.2, 0.25) is 0 Å². The Bertz CT molecular complexity index is 147. The van der Waals surface area contributed by atoms with Gasteiger partial charge in [0.25, 0.3) is 0 Å². The Morgan fingerprint density at radius 3 is 2.29 bits per heavy atom. The van der Waals surface area contributed by atoms with Gasteiger partial charge in [0, 0.05) is 6.04 Å². The molecule has 0 aliphatic heterocycles. The standard InChI is InChI=1S/C12H25NO/c1-10(2)14-12-9-7-5-4-6-8-11(12)13-3/h10-13H,4-9H2,1-3H3/t11-,12-/m0/s1. The van der Waals surface area contributed by atoms with E-state index in [0.717, 1.165) is 0 Å². The minimum atomic E-state index is 0.357. The number of likely N-dealkylation sites (N-methyl/N-ethyl adjacent to an activating group) is 1. The lowest BCUT2D eigenvalue weighted by molar-refractivity contribution is -0.0225. The van der Waals surface area contributed by atoms with Crippen LogP contribution in [0.3, 0.4) is 0 Å². The van der Waals surface area contributed by atoms with Crippen LogP contribution in [-0.4, -0.2) is 25.3 Å². The molecule has 0 aromatic carbocycles. The second-order valence-corrected chi connectivity index (χ2v) is 4.61. The van der Waals surface area contributed by atoms with Crippen molar-refractivity contribution in [1.29, 1.82) is 0 Å². The van der Waals surface area contributed by atoms with E-state index in [1.165, 1.54) is 38.5 Å². The van der Waals surface area contributed by atoms with Crippen molar-refractivity contribution in [2.75, 3.05) is 7.05 Å². The van der Waals surface area contributed by atoms with Crippen LogP contribution in [0.5, 0.6) is 0 Å². The van der Waals surface area contributed by atoms with E-state index >= 15 is 0 Å². The third kappa shape index (κ3) is 3.97. The summed E-state index contributed by atoms with van der Waals surface area (Å²) in [7, 11) is 2.06. The summed E-state index contributed by atoms with van der Waals surface area (Å²) in [5.41, 5.74) is 0. The van der Waals surface area contributed by atoms with Crippen molar-refractivity contribution < 1.29 is 4.74 Å². The molecule has 14 heavy (non-hydrogen) atoms. The fourth-order valence-electron chi connectivity index (χ4n) is 2.29. The Balaban J connectivity index is 2.45. The number of hydrogen-bond donors (Lipinski definition) is 1. The molecule has 1 N–H and O–H groups in total. The van der Waals surface area contributed by atoms with E-state index in [-0.39, 0.29) is 0 Å². The van der Waals surface area contributed by atoms with Crippen LogP contribution in [0.1, 0.15) is 52.4 Å². The smallest absolute Gasteiger partial charge is 0.0731 e. The first-order chi connectivity index (χ1) is 6.74. The molecule has 1 rings (SSSR count). The first kappa shape index (κ1) is 12.0. The van der Waals surface area contributed by atoms with Gasteiger partial charge in [0.1, 0.15) is 0 Å². The summed E-state index contributed by atoms with van der Waals surface area (Å²) in [4.78, 5) is 0. The molecule has 0 saturated heterocycles. The van der Waals surface area contributed by atoms with Crippen molar-refractivity contribution in [1.82, 2.24) is 5.32 Å². The highest BCUT2D eigenvalue weighted by Gasteiger charge is 2.22. The van der Waals surface area contributed by atoms with Crippen LogP contribution < -0.4 is 5.32 Å². The molecule has 2 heteroatoms. The molecule has 1 aliphatic carbocycles. The van der Waals surface area contributed by atoms with Crippen LogP contribution in [-0.2, 0) is 4.74 Å². The Kier molecular flexibility index (Phi) is 5.49. The first-order valence-electron chi connectivity index (χ1n) is 6.06. The zero-order valence-electron chi connectivity index (χ0n) is 9.88. The van der Waals surface area contributed by atoms with Crippen molar-refractivity contribution in [3.8, 4) is 0 Å². The van der Waals surface area contributed by atoms with Gasteiger partial charge < -0.3 is 10.1 Å². The molecule has 1 fully saturated rings. The van der Waals surface area contributed by atoms with Gasteiger partial charge in [0.05, 0.1) is 12.2 Å². The van der Waals surface area contributed by atoms with Crippen molar-refractivity contribution in [3.63, 3.8) is 0 Å². The Hall–Kier alpha value is -0.0800. The van der Waals surface area contributed by atoms with Gasteiger partial charge in [-0.1, -0.05) is 25.7 Å². The molecule has 0 radical (unpaired) electrons. The largest absolute Gasteiger partial charge is 0.374 e. The summed E-state index contributed by atoms with van der Waals surface area (Å²) in [6, 6.07) is 0.567. The van der Waals surface area contributed by atoms with Crippen LogP contribution in [0.15, 0.2) is 0 Å². The van der Waals surface area contributed by atoms with Crippen molar-refractivity contribution >= 4 is 0 Å². The van der Waals surface area contributed by atoms with Gasteiger partial charge in [-0.2, -0.15) is 0 Å². The zero-order valence-corrected chi connectivity index (χ0v) is 9.88. The van der Waals surface area contributed by atoms with Crippen LogP contribution >= 0.6 is 0 Å². The summed E-state index contributed by atoms with van der Waals surface area (Å²) < 4.78 is 5.97. The average molecular weight is 199 g/mol. The fourth-order valence-corrected chi connectivity index (χ4v) is 2.29. The molecule has 0 spiro atoms. The molecular weight excluding hydrogens is 174 g/mol. The van der Waals surface area contributed by atoms with E-state index in [0.29, 0.717) is 18.2 Å². The fraction of sp³-hybridized carbons (Fsp3) is 1.00. The average Bonchev–Trinajstić information content (AvgIpc) is 2.10. The van der Waals surface area contributed by atoms with Gasteiger partial charge in [-0.25, -0.2) is 0 Å². The second-order valence-electron chi connectivity index (χ2n) is 4.61. The summed E-state index contributed by atoms with van der Waals surface area (Å²) in [5.74, 6) is 0. The molecule has 84 valence electrons. The second kappa shape index (κ2) is 6.41. The van der Waals surface area contributed by atoms with Crippen LogP contribution in [0.4, 0.5) is 0 Å². The number of hydrogen-bond acceptors (Lipinski definition) is 2. The van der Waals surface area contributed by atoms with E-state index in [1.807, 2.05) is 0 Å². The molecule has 0 heterocycles. The monoisotopic (exact) mass is 199 g/mol. The molecule has 2 atom stereocenters. The number of nitrogens with one attached hydrogen (secondary N) is 1. The maximum atomic E-state index is 5.97. The van der Waals surface area contributed by atoms with E-state index in [2.05, 4.69) is 26.2 Å². The topological polar surface area (TPSA) is 21.3 Å². The van der Waals surface area contributed by atoms with Crippen molar-refractivity contribution in [2.24, 2.45) is 0 Å². The van der Waals surface area contributed by atoms with Gasteiger partial charge >= 0.3 is 0 Å². The third-order valence-electron chi connectivity index (χ3n) is 3.02. The Morgan fingerprint density at radius 2 is 1.71 bits per heavy atom. The van der Waals surface area contributed by atoms with Crippen molar-refractivity contribution in [2.45, 2.75) is 70.6 Å². The van der Waals surface area contributed by atoms with E-state index in [9.17, 15) is 0 Å². The Labute approximate surface area is 88.4 Å². The van der Waals surface area contributed by atoms with Gasteiger partial charge in [0.2, 0.25) is 0 Å². The SMILES string of the molecule is CN[C@H]1CCCCCC[C@@H]1OC(C)C. The predicted octanol–water partition coefficient (Wildman–Crippen LogP) is 2.72. The zero-order chi connectivity index (χ0) is 10.4. The lowest BCUT2D eigenvalue weighted by Gasteiger charge is -2.30. The summed E-state index contributed by atoms with van der Waals surface area (Å²) in [6.07, 6.45) is 8.74. The summed E-state index contributed by atoms with van der Waals surface area (Å²) in [5, 5.41) is 3.40. The molecule has 1 saturated carbocycles. The number of ether oxygens (including phenoxy) is 1. The normalized spacial score (nSPS) is 30.0. The first-order valence-corrected chi connectivity index (χ1v) is 6.06. The molecule has 0 aromatic heterocycles. The molecule has 0 bridgehead atoms. The highest BCUT2D eigenvalue weighted by Crippen LogP contribution is 2.20. The lowest BCUT2D eigenvalue weighted by Crippen LogP contribution is -2.41. The van der Waals surface area contributed by atoms with E-state index in [1.54, 1.807) is 0 Å². The maximum absolute atomic E-state index is 5.97. The summed E-state index contributed by atoms with van der Waals surface area (Å²) >= 11 is 0. The van der Waals surface area contributed by atoms with Crippen LogP contribution in [0.25, 0.3) is 0 Å². The molecule has 0 amide bonds. The highest BCUT2D eigenvalue weighted by molar-refractivity contribution is 4.78. The molecule has 0 unspecified atom stereocenters. The van der Waals surface area contributed by atoms with Gasteiger partial charge in [-0.3, -0.25) is 0 Å². The molecule has 2 nitrogen and oxygen atoms in total. The highest BCUT2D eigenvalue weighted by atomic mass is 16.5. The third-order valence-corrected chi connectivity index (χ3v) is 3.02. The summed E-state index contributed by atoms with van der Waals surface area (Å²) in [6.45, 7) is 4.26. The number of rotatable bonds is 3. The quantitative estimate of drug-likeness (QED) is 0.754. The maximum Gasteiger partial charge on any atom is 0.0731 e. The van der Waals surface area contributed by atoms with Gasteiger partial charge in [-0.15, -0.1) is 0 Å².